The highest BCUT2D eigenvalue weighted by Gasteiger charge is 2.50. The summed E-state index contributed by atoms with van der Waals surface area (Å²) in [5.41, 5.74) is 0. The van der Waals surface area contributed by atoms with Crippen LogP contribution in [-0.2, 0) is 0 Å². The van der Waals surface area contributed by atoms with Crippen molar-refractivity contribution in [1.82, 2.24) is 9.80 Å². The molecule has 2 heterocycles. The van der Waals surface area contributed by atoms with Crippen molar-refractivity contribution in [3.8, 4) is 0 Å². The molecule has 0 aromatic heterocycles. The van der Waals surface area contributed by atoms with Crippen LogP contribution in [0.5, 0.6) is 0 Å². The predicted octanol–water partition coefficient (Wildman–Crippen LogP) is 2.69. The highest BCUT2D eigenvalue weighted by atomic mass is 19.3. The topological polar surface area (TPSA) is 6.48 Å². The van der Waals surface area contributed by atoms with Gasteiger partial charge < -0.3 is 0 Å². The van der Waals surface area contributed by atoms with E-state index in [1.807, 2.05) is 23.6 Å². The van der Waals surface area contributed by atoms with E-state index in [9.17, 15) is 8.78 Å². The molecule has 2 aliphatic rings. The van der Waals surface area contributed by atoms with Gasteiger partial charge in [0.15, 0.2) is 0 Å². The molecule has 2 fully saturated rings. The smallest absolute Gasteiger partial charge is 0.275 e. The molecule has 0 N–H and O–H groups in total. The molecule has 0 aromatic rings. The first kappa shape index (κ1) is 14.2. The Balaban J connectivity index is 1.92. The summed E-state index contributed by atoms with van der Waals surface area (Å²) in [4.78, 5) is 3.90. The van der Waals surface area contributed by atoms with Gasteiger partial charge in [-0.3, -0.25) is 9.80 Å². The minimum Gasteiger partial charge on any atom is -0.295 e. The molecule has 0 radical (unpaired) electrons. The van der Waals surface area contributed by atoms with E-state index in [1.54, 1.807) is 0 Å². The number of hydrogen-bond donors (Lipinski definition) is 0. The van der Waals surface area contributed by atoms with Crippen molar-refractivity contribution in [2.75, 3.05) is 26.2 Å². The summed E-state index contributed by atoms with van der Waals surface area (Å²) in [6, 6.07) is -0.306. The normalized spacial score (nSPS) is 31.0. The summed E-state index contributed by atoms with van der Waals surface area (Å²) < 4.78 is 28.4. The minimum absolute atomic E-state index is 0.0713. The number of halogens is 2. The van der Waals surface area contributed by atoms with E-state index in [0.29, 0.717) is 18.3 Å². The molecule has 0 amide bonds. The third kappa shape index (κ3) is 2.69. The molecule has 0 aliphatic carbocycles. The fourth-order valence-electron chi connectivity index (χ4n) is 3.07. The summed E-state index contributed by atoms with van der Waals surface area (Å²) in [6.45, 7) is 10.8. The highest BCUT2D eigenvalue weighted by Crippen LogP contribution is 2.37. The Morgan fingerprint density at radius 2 is 1.72 bits per heavy atom. The molecule has 0 unspecified atom stereocenters. The predicted molar refractivity (Wildman–Crippen MR) is 70.0 cm³/mol. The van der Waals surface area contributed by atoms with E-state index in [1.165, 1.54) is 0 Å². The van der Waals surface area contributed by atoms with E-state index < -0.39 is 12.0 Å². The summed E-state index contributed by atoms with van der Waals surface area (Å²) in [5.74, 6) is -1.32. The van der Waals surface area contributed by atoms with Gasteiger partial charge in [0.2, 0.25) is 0 Å². The first-order chi connectivity index (χ1) is 8.31. The Bertz CT molecular complexity index is 286. The lowest BCUT2D eigenvalue weighted by Crippen LogP contribution is -2.65. The van der Waals surface area contributed by atoms with Crippen LogP contribution in [0.2, 0.25) is 0 Å². The standard InChI is InChI=1S/C14H26F2N2/c1-10(2)12-7-18(8-12)13-5-6-17(11(3)4)9-14(13,15)16/h10-13H,5-9H2,1-4H3/t13-/m0/s1. The Hall–Kier alpha value is -0.220. The average molecular weight is 260 g/mol. The Morgan fingerprint density at radius 3 is 2.17 bits per heavy atom. The maximum absolute atomic E-state index is 14.2. The lowest BCUT2D eigenvalue weighted by molar-refractivity contribution is -0.156. The van der Waals surface area contributed by atoms with Crippen molar-refractivity contribution >= 4 is 0 Å². The zero-order chi connectivity index (χ0) is 13.5. The van der Waals surface area contributed by atoms with Gasteiger partial charge in [-0.1, -0.05) is 13.8 Å². The van der Waals surface area contributed by atoms with E-state index in [0.717, 1.165) is 19.6 Å². The minimum atomic E-state index is -2.55. The van der Waals surface area contributed by atoms with Crippen LogP contribution in [0.3, 0.4) is 0 Å². The molecule has 2 rings (SSSR count). The molecule has 0 aromatic carbocycles. The third-order valence-corrected chi connectivity index (χ3v) is 4.64. The number of piperidine rings is 1. The van der Waals surface area contributed by atoms with Gasteiger partial charge in [0.1, 0.15) is 0 Å². The molecule has 4 heteroatoms. The van der Waals surface area contributed by atoms with Crippen molar-refractivity contribution in [1.29, 1.82) is 0 Å². The van der Waals surface area contributed by atoms with Crippen molar-refractivity contribution in [2.45, 2.75) is 52.1 Å². The zero-order valence-electron chi connectivity index (χ0n) is 12.0. The monoisotopic (exact) mass is 260 g/mol. The van der Waals surface area contributed by atoms with Gasteiger partial charge in [-0.25, -0.2) is 8.78 Å². The van der Waals surface area contributed by atoms with Crippen LogP contribution in [0.15, 0.2) is 0 Å². The van der Waals surface area contributed by atoms with Crippen LogP contribution in [0.25, 0.3) is 0 Å². The number of alkyl halides is 2. The summed E-state index contributed by atoms with van der Waals surface area (Å²) in [5, 5.41) is 0. The summed E-state index contributed by atoms with van der Waals surface area (Å²) in [6.07, 6.45) is 0.607. The van der Waals surface area contributed by atoms with Gasteiger partial charge in [-0.2, -0.15) is 0 Å². The molecule has 2 nitrogen and oxygen atoms in total. The Labute approximate surface area is 109 Å². The van der Waals surface area contributed by atoms with E-state index >= 15 is 0 Å². The molecule has 0 bridgehead atoms. The van der Waals surface area contributed by atoms with Crippen LogP contribution < -0.4 is 0 Å². The van der Waals surface area contributed by atoms with Gasteiger partial charge in [-0.15, -0.1) is 0 Å². The first-order valence-corrected chi connectivity index (χ1v) is 7.17. The van der Waals surface area contributed by atoms with E-state index in [-0.39, 0.29) is 12.6 Å². The molecule has 2 saturated heterocycles. The average Bonchev–Trinajstić information content (AvgIpc) is 2.16. The van der Waals surface area contributed by atoms with Gasteiger partial charge in [0, 0.05) is 25.7 Å². The molecule has 0 spiro atoms. The maximum atomic E-state index is 14.2. The van der Waals surface area contributed by atoms with Gasteiger partial charge >= 0.3 is 0 Å². The molecule has 0 saturated carbocycles. The third-order valence-electron chi connectivity index (χ3n) is 4.64. The van der Waals surface area contributed by atoms with Crippen LogP contribution in [0, 0.1) is 11.8 Å². The van der Waals surface area contributed by atoms with Gasteiger partial charge in [0.25, 0.3) is 5.92 Å². The Kier molecular flexibility index (Phi) is 3.98. The lowest BCUT2D eigenvalue weighted by atomic mass is 9.84. The van der Waals surface area contributed by atoms with Gasteiger partial charge in [-0.05, 0) is 32.1 Å². The highest BCUT2D eigenvalue weighted by molar-refractivity contribution is 4.98. The largest absolute Gasteiger partial charge is 0.295 e. The Morgan fingerprint density at radius 1 is 1.11 bits per heavy atom. The number of hydrogen-bond acceptors (Lipinski definition) is 2. The van der Waals surface area contributed by atoms with Crippen molar-refractivity contribution < 1.29 is 8.78 Å². The van der Waals surface area contributed by atoms with E-state index in [2.05, 4.69) is 13.8 Å². The maximum Gasteiger partial charge on any atom is 0.275 e. The van der Waals surface area contributed by atoms with E-state index in [4.69, 9.17) is 0 Å². The molecule has 18 heavy (non-hydrogen) atoms. The molecule has 1 atom stereocenters. The molecular weight excluding hydrogens is 234 g/mol. The quantitative estimate of drug-likeness (QED) is 0.770. The SMILES string of the molecule is CC(C)C1CN([C@H]2CCN(C(C)C)CC2(F)F)C1. The van der Waals surface area contributed by atoms with Crippen LogP contribution in [-0.4, -0.2) is 54.0 Å². The fraction of sp³-hybridized carbons (Fsp3) is 1.00. The van der Waals surface area contributed by atoms with Crippen LogP contribution >= 0.6 is 0 Å². The summed E-state index contributed by atoms with van der Waals surface area (Å²) >= 11 is 0. The van der Waals surface area contributed by atoms with Crippen molar-refractivity contribution in [3.05, 3.63) is 0 Å². The molecule has 2 aliphatic heterocycles. The fourth-order valence-corrected chi connectivity index (χ4v) is 3.07. The first-order valence-electron chi connectivity index (χ1n) is 7.17. The van der Waals surface area contributed by atoms with Crippen LogP contribution in [0.1, 0.15) is 34.1 Å². The van der Waals surface area contributed by atoms with Crippen molar-refractivity contribution in [2.24, 2.45) is 11.8 Å². The molecule has 106 valence electrons. The number of nitrogens with zero attached hydrogens (tertiary/aromatic N) is 2. The second-order valence-corrected chi connectivity index (χ2v) is 6.59. The number of likely N-dealkylation sites (tertiary alicyclic amines) is 2. The zero-order valence-corrected chi connectivity index (χ0v) is 12.0. The van der Waals surface area contributed by atoms with Crippen LogP contribution in [0.4, 0.5) is 8.78 Å². The molecular formula is C14H26F2N2. The van der Waals surface area contributed by atoms with Gasteiger partial charge in [0.05, 0.1) is 12.6 Å². The lowest BCUT2D eigenvalue weighted by Gasteiger charge is -2.51. The number of rotatable bonds is 3. The van der Waals surface area contributed by atoms with Crippen molar-refractivity contribution in [3.63, 3.8) is 0 Å². The second-order valence-electron chi connectivity index (χ2n) is 6.59. The second kappa shape index (κ2) is 5.04. The summed E-state index contributed by atoms with van der Waals surface area (Å²) in [7, 11) is 0.